The van der Waals surface area contributed by atoms with E-state index < -0.39 is 38.5 Å². The number of carbonyl (C=O) groups is 1. The number of amides is 1. The van der Waals surface area contributed by atoms with Crippen LogP contribution in [0.3, 0.4) is 0 Å². The van der Waals surface area contributed by atoms with Gasteiger partial charge in [0.1, 0.15) is 5.60 Å². The highest BCUT2D eigenvalue weighted by Gasteiger charge is 2.44. The summed E-state index contributed by atoms with van der Waals surface area (Å²) in [7, 11) is -1.28. The van der Waals surface area contributed by atoms with Gasteiger partial charge in [-0.15, -0.1) is 0 Å². The van der Waals surface area contributed by atoms with Gasteiger partial charge in [-0.3, -0.25) is 4.79 Å². The van der Waals surface area contributed by atoms with E-state index >= 15 is 8.78 Å². The number of halogens is 2. The van der Waals surface area contributed by atoms with Crippen LogP contribution < -0.4 is 10.6 Å². The van der Waals surface area contributed by atoms with Crippen molar-refractivity contribution in [3.8, 4) is 0 Å². The molecule has 3 aromatic carbocycles. The minimum absolute atomic E-state index is 0.0603. The van der Waals surface area contributed by atoms with E-state index in [2.05, 4.69) is 20.8 Å². The van der Waals surface area contributed by atoms with Gasteiger partial charge in [0, 0.05) is 18.7 Å². The van der Waals surface area contributed by atoms with Gasteiger partial charge >= 0.3 is 0 Å². The standard InChI is InChI=1S/C30H36F2N2O3Si/c1-19-17-34(18-20(2)36-19)27-24(16-23(28(33)35)25(31)26(27)32)30(37-38-29(3,4)5,21-12-8-6-9-13-21)22-14-10-7-11-15-22/h6-16,19-20H,17-18,38H2,1-5H3,(H2,33,35). The Morgan fingerprint density at radius 2 is 1.45 bits per heavy atom. The van der Waals surface area contributed by atoms with Crippen molar-refractivity contribution in [1.82, 2.24) is 0 Å². The van der Waals surface area contributed by atoms with Crippen molar-refractivity contribution in [2.45, 2.75) is 57.5 Å². The summed E-state index contributed by atoms with van der Waals surface area (Å²) >= 11 is 0. The van der Waals surface area contributed by atoms with Gasteiger partial charge < -0.3 is 19.8 Å². The minimum atomic E-state index is -1.32. The fraction of sp³-hybridized carbons (Fsp3) is 0.367. The van der Waals surface area contributed by atoms with Crippen LogP contribution in [0.2, 0.25) is 5.04 Å². The average molecular weight is 539 g/mol. The van der Waals surface area contributed by atoms with E-state index in [0.29, 0.717) is 18.7 Å². The van der Waals surface area contributed by atoms with Crippen LogP contribution in [0.4, 0.5) is 14.5 Å². The summed E-state index contributed by atoms with van der Waals surface area (Å²) in [5.41, 5.74) is 5.66. The van der Waals surface area contributed by atoms with E-state index in [-0.39, 0.29) is 22.9 Å². The first kappa shape index (κ1) is 27.9. The van der Waals surface area contributed by atoms with Crippen LogP contribution in [0, 0.1) is 11.6 Å². The summed E-state index contributed by atoms with van der Waals surface area (Å²) in [6.45, 7) is 10.8. The number of ether oxygens (including phenoxy) is 1. The van der Waals surface area contributed by atoms with E-state index in [4.69, 9.17) is 14.9 Å². The van der Waals surface area contributed by atoms with Crippen molar-refractivity contribution in [3.63, 3.8) is 0 Å². The first-order valence-corrected chi connectivity index (χ1v) is 14.2. The van der Waals surface area contributed by atoms with Gasteiger partial charge in [-0.2, -0.15) is 0 Å². The van der Waals surface area contributed by atoms with Crippen molar-refractivity contribution < 1.29 is 22.7 Å². The van der Waals surface area contributed by atoms with Gasteiger partial charge in [0.25, 0.3) is 5.91 Å². The molecule has 0 radical (unpaired) electrons. The Hall–Kier alpha value is -3.07. The maximum absolute atomic E-state index is 16.2. The van der Waals surface area contributed by atoms with E-state index in [1.165, 1.54) is 6.07 Å². The lowest BCUT2D eigenvalue weighted by molar-refractivity contribution is -0.00567. The molecular weight excluding hydrogens is 502 g/mol. The number of morpholine rings is 1. The van der Waals surface area contributed by atoms with Crippen LogP contribution in [-0.4, -0.2) is 41.0 Å². The number of hydrogen-bond donors (Lipinski definition) is 1. The Bertz CT molecular complexity index is 1230. The van der Waals surface area contributed by atoms with Crippen molar-refractivity contribution in [3.05, 3.63) is 101 Å². The second kappa shape index (κ2) is 11.0. The molecule has 1 aliphatic heterocycles. The smallest absolute Gasteiger partial charge is 0.251 e. The number of nitrogens with zero attached hydrogens (tertiary/aromatic N) is 1. The van der Waals surface area contributed by atoms with E-state index in [1.54, 1.807) is 4.90 Å². The molecule has 0 aromatic heterocycles. The number of carbonyl (C=O) groups excluding carboxylic acids is 1. The van der Waals surface area contributed by atoms with Gasteiger partial charge in [0.2, 0.25) is 0 Å². The fourth-order valence-electron chi connectivity index (χ4n) is 5.13. The van der Waals surface area contributed by atoms with Gasteiger partial charge in [-0.25, -0.2) is 8.78 Å². The van der Waals surface area contributed by atoms with E-state index in [1.807, 2.05) is 74.5 Å². The molecule has 5 nitrogen and oxygen atoms in total. The maximum Gasteiger partial charge on any atom is 0.251 e. The Kier molecular flexibility index (Phi) is 8.06. The topological polar surface area (TPSA) is 64.8 Å². The normalized spacial score (nSPS) is 18.8. The summed E-state index contributed by atoms with van der Waals surface area (Å²) in [6, 6.07) is 20.4. The lowest BCUT2D eigenvalue weighted by atomic mass is 9.78. The molecule has 0 bridgehead atoms. The van der Waals surface area contributed by atoms with E-state index in [9.17, 15) is 4.79 Å². The van der Waals surface area contributed by atoms with Crippen molar-refractivity contribution in [2.24, 2.45) is 5.73 Å². The molecule has 1 heterocycles. The Morgan fingerprint density at radius 1 is 0.947 bits per heavy atom. The number of benzene rings is 3. The summed E-state index contributed by atoms with van der Waals surface area (Å²) in [4.78, 5) is 14.2. The van der Waals surface area contributed by atoms with Gasteiger partial charge in [-0.05, 0) is 36.1 Å². The predicted molar refractivity (Wildman–Crippen MR) is 149 cm³/mol. The number of hydrogen-bond acceptors (Lipinski definition) is 4. The largest absolute Gasteiger partial charge is 0.406 e. The van der Waals surface area contributed by atoms with Crippen molar-refractivity contribution in [1.29, 1.82) is 0 Å². The number of rotatable bonds is 7. The molecule has 0 aliphatic carbocycles. The van der Waals surface area contributed by atoms with Crippen LogP contribution in [0.5, 0.6) is 0 Å². The molecular formula is C30H36F2N2O3Si. The van der Waals surface area contributed by atoms with Gasteiger partial charge in [0.15, 0.2) is 21.4 Å². The minimum Gasteiger partial charge on any atom is -0.406 e. The van der Waals surface area contributed by atoms with Gasteiger partial charge in [-0.1, -0.05) is 81.4 Å². The predicted octanol–water partition coefficient (Wildman–Crippen LogP) is 5.29. The van der Waals surface area contributed by atoms with Crippen LogP contribution in [0.15, 0.2) is 66.7 Å². The summed E-state index contributed by atoms with van der Waals surface area (Å²) in [5.74, 6) is -3.41. The summed E-state index contributed by atoms with van der Waals surface area (Å²) < 4.78 is 44.6. The van der Waals surface area contributed by atoms with Crippen molar-refractivity contribution in [2.75, 3.05) is 18.0 Å². The van der Waals surface area contributed by atoms with Gasteiger partial charge in [0.05, 0.1) is 23.5 Å². The molecule has 0 saturated carbocycles. The molecule has 202 valence electrons. The third kappa shape index (κ3) is 5.53. The van der Waals surface area contributed by atoms with Crippen LogP contribution in [0.1, 0.15) is 61.7 Å². The van der Waals surface area contributed by atoms with Crippen LogP contribution in [-0.2, 0) is 14.8 Å². The molecule has 1 saturated heterocycles. The fourth-order valence-corrected chi connectivity index (χ4v) is 6.26. The summed E-state index contributed by atoms with van der Waals surface area (Å²) in [6.07, 6.45) is -0.421. The lowest BCUT2D eigenvalue weighted by Crippen LogP contribution is -2.48. The molecule has 4 rings (SSSR count). The van der Waals surface area contributed by atoms with E-state index in [0.717, 1.165) is 11.1 Å². The molecule has 38 heavy (non-hydrogen) atoms. The molecule has 3 aromatic rings. The quantitative estimate of drug-likeness (QED) is 0.328. The maximum atomic E-state index is 16.2. The lowest BCUT2D eigenvalue weighted by Gasteiger charge is -2.43. The SMILES string of the molecule is CC1CN(c2c(C(O[SiH2]C(C)(C)C)(c3ccccc3)c3ccccc3)cc(C(N)=O)c(F)c2F)CC(C)O1. The average Bonchev–Trinajstić information content (AvgIpc) is 2.86. The number of anilines is 1. The number of primary amides is 1. The Balaban J connectivity index is 2.14. The molecule has 8 heteroatoms. The molecule has 2 atom stereocenters. The second-order valence-corrected chi connectivity index (χ2v) is 13.9. The molecule has 1 aliphatic rings. The zero-order valence-corrected chi connectivity index (χ0v) is 24.0. The molecule has 1 amide bonds. The third-order valence-corrected chi connectivity index (χ3v) is 8.09. The van der Waals surface area contributed by atoms with Crippen LogP contribution in [0.25, 0.3) is 0 Å². The molecule has 0 spiro atoms. The highest BCUT2D eigenvalue weighted by Crippen LogP contribution is 2.47. The van der Waals surface area contributed by atoms with Crippen LogP contribution >= 0.6 is 0 Å². The first-order chi connectivity index (χ1) is 17.9. The summed E-state index contributed by atoms with van der Waals surface area (Å²) in [5, 5.41) is -0.123. The highest BCUT2D eigenvalue weighted by atomic mass is 28.2. The zero-order chi connectivity index (χ0) is 27.7. The Morgan fingerprint density at radius 3 is 1.89 bits per heavy atom. The Labute approximate surface area is 225 Å². The second-order valence-electron chi connectivity index (χ2n) is 11.2. The third-order valence-electron chi connectivity index (χ3n) is 6.64. The molecule has 1 fully saturated rings. The zero-order valence-electron chi connectivity index (χ0n) is 22.6. The molecule has 2 N–H and O–H groups in total. The molecule has 2 unspecified atom stereocenters. The number of nitrogens with two attached hydrogens (primary N) is 1. The highest BCUT2D eigenvalue weighted by molar-refractivity contribution is 6.32. The monoisotopic (exact) mass is 538 g/mol. The first-order valence-electron chi connectivity index (χ1n) is 12.9. The van der Waals surface area contributed by atoms with Crippen molar-refractivity contribution >= 4 is 21.4 Å².